The van der Waals surface area contributed by atoms with Gasteiger partial charge in [-0.05, 0) is 45.4 Å². The van der Waals surface area contributed by atoms with Gasteiger partial charge in [-0.2, -0.15) is 5.10 Å². The molecule has 0 amide bonds. The Kier molecular flexibility index (Phi) is 4.67. The zero-order chi connectivity index (χ0) is 14.0. The van der Waals surface area contributed by atoms with Crippen molar-refractivity contribution in [3.8, 4) is 0 Å². The zero-order valence-corrected chi connectivity index (χ0v) is 13.2. The number of nitrogens with zero attached hydrogens (tertiary/aromatic N) is 2. The lowest BCUT2D eigenvalue weighted by atomic mass is 9.99. The number of nitrogens with one attached hydrogen (secondary N) is 1. The van der Waals surface area contributed by atoms with Crippen molar-refractivity contribution in [3.63, 3.8) is 0 Å². The Morgan fingerprint density at radius 2 is 1.89 bits per heavy atom. The molecule has 1 unspecified atom stereocenters. The Morgan fingerprint density at radius 1 is 1.26 bits per heavy atom. The highest BCUT2D eigenvalue weighted by Gasteiger charge is 2.24. The van der Waals surface area contributed by atoms with Crippen LogP contribution < -0.4 is 5.32 Å². The molecule has 1 aliphatic rings. The first-order valence-electron chi connectivity index (χ1n) is 7.87. The number of aryl methyl sites for hydroxylation is 1. The highest BCUT2D eigenvalue weighted by molar-refractivity contribution is 5.29. The summed E-state index contributed by atoms with van der Waals surface area (Å²) in [7, 11) is 0. The molecule has 1 fully saturated rings. The van der Waals surface area contributed by atoms with Gasteiger partial charge in [0.2, 0.25) is 0 Å². The SMILES string of the molecule is CCC(CC)n1nc(C)c(C(C)CNC2CC2)c1C. The minimum atomic E-state index is 0.552. The third-order valence-electron chi connectivity index (χ3n) is 4.45. The summed E-state index contributed by atoms with van der Waals surface area (Å²) in [6.45, 7) is 12.3. The van der Waals surface area contributed by atoms with Gasteiger partial charge in [-0.3, -0.25) is 4.68 Å². The molecular weight excluding hydrogens is 234 g/mol. The van der Waals surface area contributed by atoms with Gasteiger partial charge >= 0.3 is 0 Å². The van der Waals surface area contributed by atoms with Crippen molar-refractivity contribution in [2.45, 2.75) is 78.3 Å². The van der Waals surface area contributed by atoms with Crippen LogP contribution in [-0.2, 0) is 0 Å². The molecule has 1 aromatic heterocycles. The average molecular weight is 263 g/mol. The van der Waals surface area contributed by atoms with Crippen molar-refractivity contribution in [3.05, 3.63) is 17.0 Å². The van der Waals surface area contributed by atoms with Gasteiger partial charge in [-0.25, -0.2) is 0 Å². The van der Waals surface area contributed by atoms with Crippen LogP contribution in [0.15, 0.2) is 0 Å². The first kappa shape index (κ1) is 14.6. The molecule has 0 bridgehead atoms. The molecule has 0 radical (unpaired) electrons. The van der Waals surface area contributed by atoms with Crippen molar-refractivity contribution < 1.29 is 0 Å². The highest BCUT2D eigenvalue weighted by atomic mass is 15.3. The average Bonchev–Trinajstić information content (AvgIpc) is 3.16. The summed E-state index contributed by atoms with van der Waals surface area (Å²) < 4.78 is 2.26. The third-order valence-corrected chi connectivity index (χ3v) is 4.45. The Balaban J connectivity index is 2.14. The van der Waals surface area contributed by atoms with E-state index in [0.29, 0.717) is 12.0 Å². The Labute approximate surface area is 117 Å². The van der Waals surface area contributed by atoms with E-state index in [1.807, 2.05) is 0 Å². The fraction of sp³-hybridized carbons (Fsp3) is 0.812. The second-order valence-electron chi connectivity index (χ2n) is 6.08. The van der Waals surface area contributed by atoms with Crippen molar-refractivity contribution in [1.82, 2.24) is 15.1 Å². The molecule has 1 aliphatic carbocycles. The summed E-state index contributed by atoms with van der Waals surface area (Å²) in [5.74, 6) is 0.559. The zero-order valence-electron chi connectivity index (χ0n) is 13.2. The summed E-state index contributed by atoms with van der Waals surface area (Å²) >= 11 is 0. The number of rotatable bonds is 7. The lowest BCUT2D eigenvalue weighted by molar-refractivity contribution is 0.417. The van der Waals surface area contributed by atoms with Crippen molar-refractivity contribution in [1.29, 1.82) is 0 Å². The van der Waals surface area contributed by atoms with Crippen LogP contribution >= 0.6 is 0 Å². The van der Waals surface area contributed by atoms with Gasteiger partial charge in [0.25, 0.3) is 0 Å². The number of aromatic nitrogens is 2. The quantitative estimate of drug-likeness (QED) is 0.812. The van der Waals surface area contributed by atoms with E-state index in [2.05, 4.69) is 44.6 Å². The van der Waals surface area contributed by atoms with E-state index in [9.17, 15) is 0 Å². The minimum Gasteiger partial charge on any atom is -0.313 e. The van der Waals surface area contributed by atoms with E-state index in [1.54, 1.807) is 0 Å². The molecule has 1 atom stereocenters. The van der Waals surface area contributed by atoms with E-state index >= 15 is 0 Å². The maximum atomic E-state index is 4.80. The highest BCUT2D eigenvalue weighted by Crippen LogP contribution is 2.28. The molecule has 19 heavy (non-hydrogen) atoms. The van der Waals surface area contributed by atoms with Gasteiger partial charge in [0.05, 0.1) is 11.7 Å². The van der Waals surface area contributed by atoms with Gasteiger partial charge in [0, 0.05) is 23.8 Å². The normalized spacial score (nSPS) is 17.2. The summed E-state index contributed by atoms with van der Waals surface area (Å²) in [6.07, 6.45) is 5.04. The van der Waals surface area contributed by atoms with Crippen LogP contribution in [0.5, 0.6) is 0 Å². The molecule has 0 spiro atoms. The van der Waals surface area contributed by atoms with Crippen molar-refractivity contribution >= 4 is 0 Å². The summed E-state index contributed by atoms with van der Waals surface area (Å²) in [5.41, 5.74) is 4.05. The van der Waals surface area contributed by atoms with Gasteiger partial charge in [0.1, 0.15) is 0 Å². The molecule has 1 N–H and O–H groups in total. The fourth-order valence-electron chi connectivity index (χ4n) is 3.11. The van der Waals surface area contributed by atoms with Crippen molar-refractivity contribution in [2.75, 3.05) is 6.54 Å². The van der Waals surface area contributed by atoms with E-state index in [1.165, 1.54) is 29.8 Å². The first-order valence-corrected chi connectivity index (χ1v) is 7.87. The smallest absolute Gasteiger partial charge is 0.0631 e. The lowest BCUT2D eigenvalue weighted by Crippen LogP contribution is -2.22. The van der Waals surface area contributed by atoms with Crippen LogP contribution in [0.2, 0.25) is 0 Å². The van der Waals surface area contributed by atoms with Crippen LogP contribution in [-0.4, -0.2) is 22.4 Å². The third kappa shape index (κ3) is 3.19. The predicted octanol–water partition coefficient (Wildman–Crippen LogP) is 3.72. The summed E-state index contributed by atoms with van der Waals surface area (Å²) in [5, 5.41) is 8.44. The molecule has 1 aromatic rings. The van der Waals surface area contributed by atoms with Gasteiger partial charge in [-0.1, -0.05) is 20.8 Å². The van der Waals surface area contributed by atoms with Gasteiger partial charge in [-0.15, -0.1) is 0 Å². The molecule has 3 heteroatoms. The molecule has 1 saturated carbocycles. The molecule has 3 nitrogen and oxygen atoms in total. The predicted molar refractivity (Wildman–Crippen MR) is 80.8 cm³/mol. The fourth-order valence-corrected chi connectivity index (χ4v) is 3.11. The second kappa shape index (κ2) is 6.08. The van der Waals surface area contributed by atoms with Crippen LogP contribution in [0.1, 0.15) is 75.4 Å². The summed E-state index contributed by atoms with van der Waals surface area (Å²) in [4.78, 5) is 0. The van der Waals surface area contributed by atoms with Crippen LogP contribution in [0.25, 0.3) is 0 Å². The first-order chi connectivity index (χ1) is 9.08. The van der Waals surface area contributed by atoms with Crippen LogP contribution in [0.4, 0.5) is 0 Å². The van der Waals surface area contributed by atoms with Gasteiger partial charge in [0.15, 0.2) is 0 Å². The number of hydrogen-bond donors (Lipinski definition) is 1. The molecule has 1 heterocycles. The second-order valence-corrected chi connectivity index (χ2v) is 6.08. The van der Waals surface area contributed by atoms with Crippen LogP contribution in [0, 0.1) is 13.8 Å². The Morgan fingerprint density at radius 3 is 2.42 bits per heavy atom. The topological polar surface area (TPSA) is 29.9 Å². The molecule has 0 aliphatic heterocycles. The molecular formula is C16H29N3. The standard InChI is InChI=1S/C16H29N3/c1-6-15(7-2)19-13(5)16(12(4)18-19)11(3)10-17-14-8-9-14/h11,14-15,17H,6-10H2,1-5H3. The maximum Gasteiger partial charge on any atom is 0.0631 e. The minimum absolute atomic E-state index is 0.552. The number of hydrogen-bond acceptors (Lipinski definition) is 2. The summed E-state index contributed by atoms with van der Waals surface area (Å²) in [6, 6.07) is 1.34. The van der Waals surface area contributed by atoms with E-state index in [-0.39, 0.29) is 0 Å². The monoisotopic (exact) mass is 263 g/mol. The maximum absolute atomic E-state index is 4.80. The Bertz CT molecular complexity index is 414. The molecule has 108 valence electrons. The van der Waals surface area contributed by atoms with Crippen LogP contribution in [0.3, 0.4) is 0 Å². The van der Waals surface area contributed by atoms with E-state index < -0.39 is 0 Å². The molecule has 0 saturated heterocycles. The molecule has 0 aromatic carbocycles. The van der Waals surface area contributed by atoms with E-state index in [4.69, 9.17) is 5.10 Å². The largest absolute Gasteiger partial charge is 0.313 e. The van der Waals surface area contributed by atoms with Gasteiger partial charge < -0.3 is 5.32 Å². The lowest BCUT2D eigenvalue weighted by Gasteiger charge is -2.17. The Hall–Kier alpha value is -0.830. The molecule has 2 rings (SSSR count). The van der Waals surface area contributed by atoms with Crippen molar-refractivity contribution in [2.24, 2.45) is 0 Å². The van der Waals surface area contributed by atoms with E-state index in [0.717, 1.165) is 25.4 Å².